The Labute approximate surface area is 106 Å². The van der Waals surface area contributed by atoms with E-state index in [0.29, 0.717) is 5.56 Å². The molecule has 0 bridgehead atoms. The van der Waals surface area contributed by atoms with Gasteiger partial charge >= 0.3 is 5.97 Å². The maximum atomic E-state index is 11.3. The molecule has 0 saturated carbocycles. The van der Waals surface area contributed by atoms with Crippen molar-refractivity contribution in [1.29, 1.82) is 5.26 Å². The predicted molar refractivity (Wildman–Crippen MR) is 69.5 cm³/mol. The topological polar surface area (TPSA) is 79.3 Å². The summed E-state index contributed by atoms with van der Waals surface area (Å²) in [6.45, 7) is 0. The second-order valence-corrected chi connectivity index (χ2v) is 3.83. The molecule has 0 fully saturated rings. The van der Waals surface area contributed by atoms with Crippen LogP contribution >= 0.6 is 0 Å². The lowest BCUT2D eigenvalue weighted by molar-refractivity contribution is -0.135. The highest BCUT2D eigenvalue weighted by molar-refractivity contribution is 6.00. The number of carbonyl (C=O) groups is 1. The molecule has 94 valence electrons. The van der Waals surface area contributed by atoms with E-state index in [2.05, 4.69) is 4.74 Å². The Bertz CT molecular complexity index is 510. The van der Waals surface area contributed by atoms with E-state index >= 15 is 0 Å². The molecule has 5 nitrogen and oxygen atoms in total. The summed E-state index contributed by atoms with van der Waals surface area (Å²) in [5.41, 5.74) is 7.35. The van der Waals surface area contributed by atoms with Gasteiger partial charge in [0.2, 0.25) is 0 Å². The Balaban J connectivity index is 3.17. The first-order valence-corrected chi connectivity index (χ1v) is 5.27. The van der Waals surface area contributed by atoms with Gasteiger partial charge in [-0.1, -0.05) is 12.1 Å². The third-order valence-electron chi connectivity index (χ3n) is 2.47. The van der Waals surface area contributed by atoms with E-state index in [4.69, 9.17) is 11.0 Å². The van der Waals surface area contributed by atoms with E-state index in [0.717, 1.165) is 5.69 Å². The maximum absolute atomic E-state index is 11.3. The van der Waals surface area contributed by atoms with E-state index in [1.807, 2.05) is 31.1 Å². The molecule has 0 aromatic heterocycles. The number of methoxy groups -OCH3 is 1. The number of hydrogen-bond acceptors (Lipinski definition) is 5. The summed E-state index contributed by atoms with van der Waals surface area (Å²) in [6, 6.07) is 8.98. The molecular weight excluding hydrogens is 230 g/mol. The molecule has 1 aromatic carbocycles. The Hall–Kier alpha value is -2.48. The first kappa shape index (κ1) is 13.6. The summed E-state index contributed by atoms with van der Waals surface area (Å²) in [4.78, 5) is 13.3. The van der Waals surface area contributed by atoms with Gasteiger partial charge in [-0.25, -0.2) is 4.79 Å². The van der Waals surface area contributed by atoms with Crippen molar-refractivity contribution in [3.63, 3.8) is 0 Å². The summed E-state index contributed by atoms with van der Waals surface area (Å²) >= 11 is 0. The summed E-state index contributed by atoms with van der Waals surface area (Å²) in [5.74, 6) is -0.730. The van der Waals surface area contributed by atoms with Crippen molar-refractivity contribution in [1.82, 2.24) is 0 Å². The largest absolute Gasteiger partial charge is 0.465 e. The third kappa shape index (κ3) is 2.80. The van der Waals surface area contributed by atoms with Crippen LogP contribution in [0.3, 0.4) is 0 Å². The van der Waals surface area contributed by atoms with Gasteiger partial charge < -0.3 is 15.4 Å². The van der Waals surface area contributed by atoms with Crippen molar-refractivity contribution >= 4 is 17.4 Å². The molecule has 0 atom stereocenters. The number of hydrogen-bond donors (Lipinski definition) is 1. The Morgan fingerprint density at radius 3 is 2.28 bits per heavy atom. The molecule has 1 aromatic rings. The van der Waals surface area contributed by atoms with Crippen LogP contribution in [-0.4, -0.2) is 27.2 Å². The van der Waals surface area contributed by atoms with Gasteiger partial charge in [-0.3, -0.25) is 0 Å². The molecule has 18 heavy (non-hydrogen) atoms. The second kappa shape index (κ2) is 5.73. The van der Waals surface area contributed by atoms with Crippen LogP contribution in [0, 0.1) is 11.3 Å². The Morgan fingerprint density at radius 2 is 1.89 bits per heavy atom. The zero-order valence-corrected chi connectivity index (χ0v) is 10.6. The fourth-order valence-corrected chi connectivity index (χ4v) is 1.40. The first-order chi connectivity index (χ1) is 8.51. The standard InChI is InChI=1S/C13H15N3O2/c1-16(2)10-6-4-9(5-7-10)12(15)11(8-14)13(17)18-3/h4-7H,15H2,1-3H3/b12-11-. The molecule has 5 heteroatoms. The molecule has 2 N–H and O–H groups in total. The van der Waals surface area contributed by atoms with Crippen molar-refractivity contribution in [3.8, 4) is 6.07 Å². The number of carbonyl (C=O) groups excluding carboxylic acids is 1. The van der Waals surface area contributed by atoms with E-state index in [-0.39, 0.29) is 11.3 Å². The number of ether oxygens (including phenoxy) is 1. The molecule has 0 radical (unpaired) electrons. The molecule has 0 unspecified atom stereocenters. The van der Waals surface area contributed by atoms with Crippen molar-refractivity contribution in [3.05, 3.63) is 35.4 Å². The quantitative estimate of drug-likeness (QED) is 0.490. The lowest BCUT2D eigenvalue weighted by Crippen LogP contribution is -2.11. The maximum Gasteiger partial charge on any atom is 0.350 e. The number of esters is 1. The minimum Gasteiger partial charge on any atom is -0.465 e. The van der Waals surface area contributed by atoms with E-state index in [1.165, 1.54) is 7.11 Å². The fraction of sp³-hybridized carbons (Fsp3) is 0.231. The lowest BCUT2D eigenvalue weighted by Gasteiger charge is -2.13. The van der Waals surface area contributed by atoms with Crippen LogP contribution in [0.2, 0.25) is 0 Å². The molecule has 0 aliphatic rings. The summed E-state index contributed by atoms with van der Waals surface area (Å²) < 4.78 is 4.50. The minimum absolute atomic E-state index is 0.120. The van der Waals surface area contributed by atoms with Crippen LogP contribution in [-0.2, 0) is 9.53 Å². The van der Waals surface area contributed by atoms with E-state index in [9.17, 15) is 4.79 Å². The van der Waals surface area contributed by atoms with Gasteiger partial charge in [0.1, 0.15) is 6.07 Å². The minimum atomic E-state index is -0.730. The Kier molecular flexibility index (Phi) is 4.33. The zero-order chi connectivity index (χ0) is 13.7. The molecule has 0 amide bonds. The fourth-order valence-electron chi connectivity index (χ4n) is 1.40. The van der Waals surface area contributed by atoms with Crippen molar-refractivity contribution in [2.75, 3.05) is 26.1 Å². The van der Waals surface area contributed by atoms with Crippen molar-refractivity contribution < 1.29 is 9.53 Å². The molecule has 0 spiro atoms. The molecule has 1 rings (SSSR count). The van der Waals surface area contributed by atoms with E-state index < -0.39 is 5.97 Å². The average molecular weight is 245 g/mol. The molecule has 0 aliphatic heterocycles. The van der Waals surface area contributed by atoms with Gasteiger partial charge in [0, 0.05) is 19.8 Å². The predicted octanol–water partition coefficient (Wildman–Crippen LogP) is 1.12. The molecular formula is C13H15N3O2. The summed E-state index contributed by atoms with van der Waals surface area (Å²) in [7, 11) is 5.05. The third-order valence-corrected chi connectivity index (χ3v) is 2.47. The van der Waals surface area contributed by atoms with Gasteiger partial charge in [0.05, 0.1) is 12.8 Å². The van der Waals surface area contributed by atoms with Gasteiger partial charge in [-0.05, 0) is 17.7 Å². The molecule has 0 saturated heterocycles. The lowest BCUT2D eigenvalue weighted by atomic mass is 10.1. The van der Waals surface area contributed by atoms with Crippen molar-refractivity contribution in [2.45, 2.75) is 0 Å². The normalized spacial score (nSPS) is 11.2. The van der Waals surface area contributed by atoms with Crippen LogP contribution in [0.25, 0.3) is 5.70 Å². The van der Waals surface area contributed by atoms with Gasteiger partial charge in [0.15, 0.2) is 5.57 Å². The number of nitrogens with zero attached hydrogens (tertiary/aromatic N) is 2. The number of nitriles is 1. The summed E-state index contributed by atoms with van der Waals surface area (Å²) in [6.07, 6.45) is 0. The van der Waals surface area contributed by atoms with Crippen LogP contribution in [0.5, 0.6) is 0 Å². The van der Waals surface area contributed by atoms with E-state index in [1.54, 1.807) is 18.2 Å². The number of nitrogens with two attached hydrogens (primary N) is 1. The summed E-state index contributed by atoms with van der Waals surface area (Å²) in [5, 5.41) is 8.91. The van der Waals surface area contributed by atoms with Crippen LogP contribution in [0.15, 0.2) is 29.8 Å². The number of benzene rings is 1. The SMILES string of the molecule is COC(=O)/C(C#N)=C(\N)c1ccc(N(C)C)cc1. The van der Waals surface area contributed by atoms with Crippen LogP contribution < -0.4 is 10.6 Å². The molecule has 0 heterocycles. The van der Waals surface area contributed by atoms with Crippen molar-refractivity contribution in [2.24, 2.45) is 5.73 Å². The highest BCUT2D eigenvalue weighted by Crippen LogP contribution is 2.18. The monoisotopic (exact) mass is 245 g/mol. The van der Waals surface area contributed by atoms with Gasteiger partial charge in [-0.15, -0.1) is 0 Å². The number of rotatable bonds is 3. The average Bonchev–Trinajstić information content (AvgIpc) is 2.39. The van der Waals surface area contributed by atoms with Crippen LogP contribution in [0.1, 0.15) is 5.56 Å². The first-order valence-electron chi connectivity index (χ1n) is 5.27. The van der Waals surface area contributed by atoms with Gasteiger partial charge in [-0.2, -0.15) is 5.26 Å². The Morgan fingerprint density at radius 1 is 1.33 bits per heavy atom. The second-order valence-electron chi connectivity index (χ2n) is 3.83. The highest BCUT2D eigenvalue weighted by Gasteiger charge is 2.14. The highest BCUT2D eigenvalue weighted by atomic mass is 16.5. The van der Waals surface area contributed by atoms with Crippen LogP contribution in [0.4, 0.5) is 5.69 Å². The number of anilines is 1. The zero-order valence-electron chi connectivity index (χ0n) is 10.6. The smallest absolute Gasteiger partial charge is 0.350 e. The van der Waals surface area contributed by atoms with Gasteiger partial charge in [0.25, 0.3) is 0 Å². The molecule has 0 aliphatic carbocycles.